The molecule has 3 heteroatoms. The van der Waals surface area contributed by atoms with Gasteiger partial charge in [-0.3, -0.25) is 0 Å². The van der Waals surface area contributed by atoms with E-state index < -0.39 is 0 Å². The highest BCUT2D eigenvalue weighted by Gasteiger charge is 2.07. The molecular formula is C14H17NO2. The van der Waals surface area contributed by atoms with Gasteiger partial charge in [-0.1, -0.05) is 12.1 Å². The second-order valence-electron chi connectivity index (χ2n) is 3.97. The van der Waals surface area contributed by atoms with Crippen molar-refractivity contribution in [2.75, 3.05) is 7.11 Å². The van der Waals surface area contributed by atoms with Crippen LogP contribution in [0.25, 0.3) is 0 Å². The predicted octanol–water partition coefficient (Wildman–Crippen LogP) is 3.14. The monoisotopic (exact) mass is 231 g/mol. The summed E-state index contributed by atoms with van der Waals surface area (Å²) in [5.41, 5.74) is 1.20. The van der Waals surface area contributed by atoms with Crippen molar-refractivity contribution < 1.29 is 9.15 Å². The Morgan fingerprint density at radius 1 is 1.29 bits per heavy atom. The lowest BCUT2D eigenvalue weighted by Crippen LogP contribution is -2.17. The molecule has 2 aromatic rings. The van der Waals surface area contributed by atoms with Gasteiger partial charge in [0.1, 0.15) is 11.5 Å². The smallest absolute Gasteiger partial charge is 0.120 e. The van der Waals surface area contributed by atoms with E-state index >= 15 is 0 Å². The van der Waals surface area contributed by atoms with Gasteiger partial charge in [0, 0.05) is 6.54 Å². The summed E-state index contributed by atoms with van der Waals surface area (Å²) in [5.74, 6) is 1.84. The molecule has 0 saturated heterocycles. The standard InChI is InChI=1S/C14H17NO2/c1-11(14-7-4-8-17-14)15-10-12-5-3-6-13(9-12)16-2/h3-9,11,15H,10H2,1-2H3/t11-/m0/s1. The fourth-order valence-corrected chi connectivity index (χ4v) is 1.69. The summed E-state index contributed by atoms with van der Waals surface area (Å²) in [7, 11) is 1.68. The van der Waals surface area contributed by atoms with Gasteiger partial charge in [0.05, 0.1) is 19.4 Å². The number of hydrogen-bond donors (Lipinski definition) is 1. The van der Waals surface area contributed by atoms with E-state index in [2.05, 4.69) is 18.3 Å². The van der Waals surface area contributed by atoms with Crippen LogP contribution in [-0.2, 0) is 6.54 Å². The number of benzene rings is 1. The second-order valence-corrected chi connectivity index (χ2v) is 3.97. The average Bonchev–Trinajstić information content (AvgIpc) is 2.90. The van der Waals surface area contributed by atoms with Gasteiger partial charge in [-0.2, -0.15) is 0 Å². The zero-order valence-electron chi connectivity index (χ0n) is 10.1. The molecule has 1 aromatic carbocycles. The van der Waals surface area contributed by atoms with E-state index in [1.807, 2.05) is 30.3 Å². The number of methoxy groups -OCH3 is 1. The fraction of sp³-hybridized carbons (Fsp3) is 0.286. The number of nitrogens with one attached hydrogen (secondary N) is 1. The van der Waals surface area contributed by atoms with Gasteiger partial charge in [0.2, 0.25) is 0 Å². The SMILES string of the molecule is COc1cccc(CN[C@@H](C)c2ccco2)c1. The van der Waals surface area contributed by atoms with Gasteiger partial charge < -0.3 is 14.5 Å². The third kappa shape index (κ3) is 3.11. The van der Waals surface area contributed by atoms with Gasteiger partial charge in [-0.15, -0.1) is 0 Å². The average molecular weight is 231 g/mol. The van der Waals surface area contributed by atoms with Crippen molar-refractivity contribution in [3.63, 3.8) is 0 Å². The van der Waals surface area contributed by atoms with Crippen molar-refractivity contribution in [3.05, 3.63) is 54.0 Å². The molecule has 0 bridgehead atoms. The fourth-order valence-electron chi connectivity index (χ4n) is 1.69. The first-order chi connectivity index (χ1) is 8.29. The summed E-state index contributed by atoms with van der Waals surface area (Å²) in [5, 5.41) is 3.40. The van der Waals surface area contributed by atoms with E-state index in [0.717, 1.165) is 18.1 Å². The Kier molecular flexibility index (Phi) is 3.83. The van der Waals surface area contributed by atoms with E-state index in [4.69, 9.17) is 9.15 Å². The van der Waals surface area contributed by atoms with Gasteiger partial charge in [-0.05, 0) is 36.8 Å². The van der Waals surface area contributed by atoms with Crippen LogP contribution in [0.3, 0.4) is 0 Å². The van der Waals surface area contributed by atoms with Crippen LogP contribution in [0.15, 0.2) is 47.1 Å². The minimum Gasteiger partial charge on any atom is -0.497 e. The maximum absolute atomic E-state index is 5.34. The lowest BCUT2D eigenvalue weighted by atomic mass is 10.2. The largest absolute Gasteiger partial charge is 0.497 e. The van der Waals surface area contributed by atoms with E-state index in [-0.39, 0.29) is 6.04 Å². The molecule has 0 aliphatic rings. The van der Waals surface area contributed by atoms with Gasteiger partial charge >= 0.3 is 0 Å². The van der Waals surface area contributed by atoms with Crippen LogP contribution in [0, 0.1) is 0 Å². The van der Waals surface area contributed by atoms with E-state index in [1.165, 1.54) is 5.56 Å². The Hall–Kier alpha value is -1.74. The topological polar surface area (TPSA) is 34.4 Å². The van der Waals surface area contributed by atoms with Crippen LogP contribution >= 0.6 is 0 Å². The van der Waals surface area contributed by atoms with Crippen molar-refractivity contribution in [3.8, 4) is 5.75 Å². The minimum atomic E-state index is 0.205. The maximum Gasteiger partial charge on any atom is 0.120 e. The first-order valence-electron chi connectivity index (χ1n) is 5.69. The molecule has 0 aliphatic carbocycles. The number of furan rings is 1. The van der Waals surface area contributed by atoms with Crippen LogP contribution in [0.4, 0.5) is 0 Å². The summed E-state index contributed by atoms with van der Waals surface area (Å²) in [6, 6.07) is 12.1. The third-order valence-electron chi connectivity index (χ3n) is 2.72. The molecule has 0 unspecified atom stereocenters. The van der Waals surface area contributed by atoms with Crippen molar-refractivity contribution in [2.24, 2.45) is 0 Å². The third-order valence-corrected chi connectivity index (χ3v) is 2.72. The highest BCUT2D eigenvalue weighted by Crippen LogP contribution is 2.15. The Bertz CT molecular complexity index is 451. The molecule has 17 heavy (non-hydrogen) atoms. The number of rotatable bonds is 5. The molecule has 0 aliphatic heterocycles. The normalized spacial score (nSPS) is 12.4. The van der Waals surface area contributed by atoms with Gasteiger partial charge in [0.15, 0.2) is 0 Å². The Morgan fingerprint density at radius 3 is 2.88 bits per heavy atom. The molecule has 0 spiro atoms. The molecule has 90 valence electrons. The lowest BCUT2D eigenvalue weighted by molar-refractivity contribution is 0.412. The van der Waals surface area contributed by atoms with Crippen molar-refractivity contribution >= 4 is 0 Å². The van der Waals surface area contributed by atoms with Crippen LogP contribution in [0.1, 0.15) is 24.3 Å². The van der Waals surface area contributed by atoms with Gasteiger partial charge in [0.25, 0.3) is 0 Å². The molecule has 1 atom stereocenters. The van der Waals surface area contributed by atoms with Crippen molar-refractivity contribution in [2.45, 2.75) is 19.5 Å². The molecule has 0 fully saturated rings. The molecule has 1 heterocycles. The van der Waals surface area contributed by atoms with Gasteiger partial charge in [-0.25, -0.2) is 0 Å². The maximum atomic E-state index is 5.34. The highest BCUT2D eigenvalue weighted by atomic mass is 16.5. The van der Waals surface area contributed by atoms with Crippen LogP contribution in [0.5, 0.6) is 5.75 Å². The molecule has 1 aromatic heterocycles. The van der Waals surface area contributed by atoms with Crippen LogP contribution in [-0.4, -0.2) is 7.11 Å². The van der Waals surface area contributed by atoms with Crippen LogP contribution < -0.4 is 10.1 Å². The molecule has 0 radical (unpaired) electrons. The molecular weight excluding hydrogens is 214 g/mol. The number of ether oxygens (including phenoxy) is 1. The highest BCUT2D eigenvalue weighted by molar-refractivity contribution is 5.28. The summed E-state index contributed by atoms with van der Waals surface area (Å²) in [6.07, 6.45) is 1.69. The first kappa shape index (κ1) is 11.7. The summed E-state index contributed by atoms with van der Waals surface area (Å²) >= 11 is 0. The first-order valence-corrected chi connectivity index (χ1v) is 5.69. The summed E-state index contributed by atoms with van der Waals surface area (Å²) in [6.45, 7) is 2.87. The van der Waals surface area contributed by atoms with Crippen LogP contribution in [0.2, 0.25) is 0 Å². The second kappa shape index (κ2) is 5.55. The Balaban J connectivity index is 1.93. The molecule has 0 saturated carbocycles. The quantitative estimate of drug-likeness (QED) is 0.858. The van der Waals surface area contributed by atoms with E-state index in [0.29, 0.717) is 0 Å². The predicted molar refractivity (Wildman–Crippen MR) is 67.0 cm³/mol. The zero-order chi connectivity index (χ0) is 12.1. The van der Waals surface area contributed by atoms with Crippen molar-refractivity contribution in [1.29, 1.82) is 0 Å². The molecule has 2 rings (SSSR count). The molecule has 3 nitrogen and oxygen atoms in total. The summed E-state index contributed by atoms with van der Waals surface area (Å²) < 4.78 is 10.5. The zero-order valence-corrected chi connectivity index (χ0v) is 10.1. The number of hydrogen-bond acceptors (Lipinski definition) is 3. The van der Waals surface area contributed by atoms with E-state index in [9.17, 15) is 0 Å². The summed E-state index contributed by atoms with van der Waals surface area (Å²) in [4.78, 5) is 0. The lowest BCUT2D eigenvalue weighted by Gasteiger charge is -2.11. The van der Waals surface area contributed by atoms with Crippen molar-refractivity contribution in [1.82, 2.24) is 5.32 Å². The molecule has 1 N–H and O–H groups in total. The Labute approximate surface area is 101 Å². The Morgan fingerprint density at radius 2 is 2.18 bits per heavy atom. The van der Waals surface area contributed by atoms with E-state index in [1.54, 1.807) is 13.4 Å². The minimum absolute atomic E-state index is 0.205. The molecule has 0 amide bonds.